The number of carbonyl (C=O) groups excluding carboxylic acids is 2. The van der Waals surface area contributed by atoms with Crippen LogP contribution in [-0.4, -0.2) is 47.6 Å². The van der Waals surface area contributed by atoms with Crippen molar-refractivity contribution in [3.63, 3.8) is 0 Å². The number of hydrogen-bond donors (Lipinski definition) is 2. The largest absolute Gasteiger partial charge is 0.463 e. The molecule has 6 nitrogen and oxygen atoms in total. The van der Waals surface area contributed by atoms with E-state index >= 15 is 0 Å². The van der Waals surface area contributed by atoms with Crippen molar-refractivity contribution in [1.29, 1.82) is 0 Å². The molecular weight excluding hydrogens is 612 g/mol. The summed E-state index contributed by atoms with van der Waals surface area (Å²) in [6.45, 7) is 6.36. The molecule has 0 heterocycles. The Morgan fingerprint density at radius 2 is 1.06 bits per heavy atom. The van der Waals surface area contributed by atoms with Crippen LogP contribution in [0.2, 0.25) is 0 Å². The molecule has 0 aliphatic heterocycles. The number of carbonyl (C=O) groups is 2. The Bertz CT molecular complexity index is 942. The van der Waals surface area contributed by atoms with Crippen molar-refractivity contribution in [2.75, 3.05) is 13.2 Å². The van der Waals surface area contributed by atoms with E-state index in [4.69, 9.17) is 9.47 Å². The minimum Gasteiger partial charge on any atom is -0.463 e. The fourth-order valence-corrected chi connectivity index (χ4v) is 5.03. The highest BCUT2D eigenvalue weighted by atomic mass is 16.6. The summed E-state index contributed by atoms with van der Waals surface area (Å²) < 4.78 is 10.3. The van der Waals surface area contributed by atoms with Crippen LogP contribution in [-0.2, 0) is 19.1 Å². The Balaban J connectivity index is 3.63. The molecule has 280 valence electrons. The van der Waals surface area contributed by atoms with Crippen molar-refractivity contribution in [1.82, 2.24) is 0 Å². The average molecular weight is 685 g/mol. The highest BCUT2D eigenvalue weighted by Crippen LogP contribution is 2.14. The average Bonchev–Trinajstić information content (AvgIpc) is 3.08. The first kappa shape index (κ1) is 46.3. The molecule has 0 rings (SSSR count). The van der Waals surface area contributed by atoms with E-state index in [1.807, 2.05) is 30.4 Å². The van der Waals surface area contributed by atoms with Gasteiger partial charge in [0.2, 0.25) is 0 Å². The van der Waals surface area contributed by atoms with Crippen LogP contribution in [0.4, 0.5) is 0 Å². The van der Waals surface area contributed by atoms with Crippen LogP contribution in [0.25, 0.3) is 0 Å². The molecule has 0 aromatic rings. The van der Waals surface area contributed by atoms with Gasteiger partial charge in [-0.25, -0.2) is 0 Å². The smallest absolute Gasteiger partial charge is 0.306 e. The van der Waals surface area contributed by atoms with E-state index in [9.17, 15) is 19.8 Å². The predicted molar refractivity (Wildman–Crippen MR) is 206 cm³/mol. The standard InChI is InChI=1S/C43H72O6/c1-4-5-27-33-40(44)34-29-24-20-16-12-7-6-8-13-17-21-25-30-35-42(46)48-37-41(45)38-49-43(47)36-31-26-22-18-14-10-9-11-15-19-23-28-32-39(2)3/h5,7-8,12-13,20-21,24-25,27,29,34,39-41,44-45H,4,6,9-11,14-19,22-23,26,28,30-33,35-38H2,1-3H3/b12-7-,13-8-,24-20+,25-21-,27-5-,34-29+/t40?,41-/m0/s1. The number of rotatable bonds is 33. The van der Waals surface area contributed by atoms with Crippen LogP contribution in [0.3, 0.4) is 0 Å². The van der Waals surface area contributed by atoms with Crippen LogP contribution >= 0.6 is 0 Å². The first-order valence-corrected chi connectivity index (χ1v) is 19.5. The van der Waals surface area contributed by atoms with Crippen LogP contribution in [0.5, 0.6) is 0 Å². The maximum atomic E-state index is 12.0. The second-order valence-electron chi connectivity index (χ2n) is 13.4. The lowest BCUT2D eigenvalue weighted by molar-refractivity contribution is -0.152. The van der Waals surface area contributed by atoms with Crippen LogP contribution < -0.4 is 0 Å². The molecule has 0 aromatic heterocycles. The summed E-state index contributed by atoms with van der Waals surface area (Å²) in [7, 11) is 0. The Hall–Kier alpha value is -2.70. The summed E-state index contributed by atoms with van der Waals surface area (Å²) in [6, 6.07) is 0. The van der Waals surface area contributed by atoms with Gasteiger partial charge in [0.25, 0.3) is 0 Å². The number of aliphatic hydroxyl groups excluding tert-OH is 2. The van der Waals surface area contributed by atoms with E-state index in [1.54, 1.807) is 6.08 Å². The molecule has 0 radical (unpaired) electrons. The maximum Gasteiger partial charge on any atom is 0.306 e. The molecule has 0 saturated carbocycles. The number of hydrogen-bond acceptors (Lipinski definition) is 6. The van der Waals surface area contributed by atoms with Gasteiger partial charge in [0, 0.05) is 12.8 Å². The molecular formula is C43H72O6. The van der Waals surface area contributed by atoms with Crippen molar-refractivity contribution in [3.8, 4) is 0 Å². The van der Waals surface area contributed by atoms with Gasteiger partial charge in [-0.2, -0.15) is 0 Å². The highest BCUT2D eigenvalue weighted by Gasteiger charge is 2.11. The molecule has 0 aliphatic rings. The second kappa shape index (κ2) is 36.6. The van der Waals surface area contributed by atoms with Gasteiger partial charge in [-0.3, -0.25) is 9.59 Å². The van der Waals surface area contributed by atoms with Crippen molar-refractivity contribution >= 4 is 11.9 Å². The highest BCUT2D eigenvalue weighted by molar-refractivity contribution is 5.70. The molecule has 0 aliphatic carbocycles. The topological polar surface area (TPSA) is 93.1 Å². The van der Waals surface area contributed by atoms with E-state index in [2.05, 4.69) is 57.2 Å². The predicted octanol–water partition coefficient (Wildman–Crippen LogP) is 11.0. The normalized spacial score (nSPS) is 13.8. The first-order valence-electron chi connectivity index (χ1n) is 19.5. The van der Waals surface area contributed by atoms with Gasteiger partial charge in [-0.05, 0) is 50.9 Å². The summed E-state index contributed by atoms with van der Waals surface area (Å²) >= 11 is 0. The quantitative estimate of drug-likeness (QED) is 0.0309. The molecule has 2 atom stereocenters. The Kier molecular flexibility index (Phi) is 34.6. The minimum absolute atomic E-state index is 0.151. The summed E-state index contributed by atoms with van der Waals surface area (Å²) in [5.41, 5.74) is 0. The third-order valence-corrected chi connectivity index (χ3v) is 7.98. The fourth-order valence-electron chi connectivity index (χ4n) is 5.03. The number of aliphatic hydroxyl groups is 2. The third kappa shape index (κ3) is 38.0. The molecule has 0 amide bonds. The second-order valence-corrected chi connectivity index (χ2v) is 13.4. The van der Waals surface area contributed by atoms with E-state index in [0.717, 1.165) is 50.9 Å². The van der Waals surface area contributed by atoms with Gasteiger partial charge in [0.15, 0.2) is 0 Å². The molecule has 0 spiro atoms. The Morgan fingerprint density at radius 1 is 0.571 bits per heavy atom. The fraction of sp³-hybridized carbons (Fsp3) is 0.674. The van der Waals surface area contributed by atoms with Gasteiger partial charge in [0.05, 0.1) is 6.10 Å². The summed E-state index contributed by atoms with van der Waals surface area (Å²) in [4.78, 5) is 23.9. The zero-order chi connectivity index (χ0) is 36.0. The molecule has 0 bridgehead atoms. The van der Waals surface area contributed by atoms with Crippen molar-refractivity contribution in [2.24, 2.45) is 5.92 Å². The number of esters is 2. The zero-order valence-electron chi connectivity index (χ0n) is 31.5. The lowest BCUT2D eigenvalue weighted by Gasteiger charge is -2.12. The lowest BCUT2D eigenvalue weighted by atomic mass is 10.0. The van der Waals surface area contributed by atoms with Crippen LogP contribution in [0, 0.1) is 5.92 Å². The van der Waals surface area contributed by atoms with E-state index < -0.39 is 12.2 Å². The van der Waals surface area contributed by atoms with E-state index in [1.165, 1.54) is 64.2 Å². The molecule has 1 unspecified atom stereocenters. The molecule has 49 heavy (non-hydrogen) atoms. The Morgan fingerprint density at radius 3 is 1.61 bits per heavy atom. The van der Waals surface area contributed by atoms with Crippen molar-refractivity contribution in [3.05, 3.63) is 72.9 Å². The van der Waals surface area contributed by atoms with Gasteiger partial charge in [0.1, 0.15) is 19.3 Å². The van der Waals surface area contributed by atoms with Gasteiger partial charge < -0.3 is 19.7 Å². The monoisotopic (exact) mass is 685 g/mol. The summed E-state index contributed by atoms with van der Waals surface area (Å²) in [5.74, 6) is 0.149. The lowest BCUT2D eigenvalue weighted by Crippen LogP contribution is -2.25. The van der Waals surface area contributed by atoms with Gasteiger partial charge in [-0.15, -0.1) is 0 Å². The molecule has 0 saturated heterocycles. The maximum absolute atomic E-state index is 12.0. The van der Waals surface area contributed by atoms with E-state index in [-0.39, 0.29) is 31.6 Å². The molecule has 0 aromatic carbocycles. The van der Waals surface area contributed by atoms with Crippen LogP contribution in [0.1, 0.15) is 156 Å². The summed E-state index contributed by atoms with van der Waals surface area (Å²) in [5, 5.41) is 19.8. The molecule has 2 N–H and O–H groups in total. The van der Waals surface area contributed by atoms with Crippen molar-refractivity contribution in [2.45, 2.75) is 168 Å². The summed E-state index contributed by atoms with van der Waals surface area (Å²) in [6.07, 6.45) is 44.4. The number of ether oxygens (including phenoxy) is 2. The Labute approximate surface area is 300 Å². The minimum atomic E-state index is -1.01. The van der Waals surface area contributed by atoms with Crippen molar-refractivity contribution < 1.29 is 29.3 Å². The SMILES string of the molecule is CC/C=C\CC(O)/C=C/C=C/C/C=C\C/C=C\C/C=C\CCC(=O)OC[C@H](O)COC(=O)CCCCCCCCCCCCCCC(C)C. The first-order chi connectivity index (χ1) is 23.8. The van der Waals surface area contributed by atoms with Gasteiger partial charge >= 0.3 is 11.9 Å². The molecule has 0 fully saturated rings. The molecule has 6 heteroatoms. The van der Waals surface area contributed by atoms with E-state index in [0.29, 0.717) is 19.3 Å². The van der Waals surface area contributed by atoms with Crippen LogP contribution in [0.15, 0.2) is 72.9 Å². The zero-order valence-corrected chi connectivity index (χ0v) is 31.5. The number of unbranched alkanes of at least 4 members (excludes halogenated alkanes) is 11. The third-order valence-electron chi connectivity index (χ3n) is 7.98. The number of allylic oxidation sites excluding steroid dienone is 10. The van der Waals surface area contributed by atoms with Gasteiger partial charge in [-0.1, -0.05) is 171 Å².